The maximum absolute atomic E-state index is 12.7. The number of anilines is 3. The van der Waals surface area contributed by atoms with Crippen molar-refractivity contribution in [3.8, 4) is 6.07 Å². The third-order valence-electron chi connectivity index (χ3n) is 4.36. The molecule has 0 spiro atoms. The smallest absolute Gasteiger partial charge is 0.274 e. The van der Waals surface area contributed by atoms with Gasteiger partial charge in [-0.3, -0.25) is 4.79 Å². The van der Waals surface area contributed by atoms with Gasteiger partial charge in [0.2, 0.25) is 5.95 Å². The lowest BCUT2D eigenvalue weighted by atomic mass is 10.1. The van der Waals surface area contributed by atoms with Crippen LogP contribution in [0, 0.1) is 25.2 Å². The van der Waals surface area contributed by atoms with Crippen molar-refractivity contribution in [1.29, 1.82) is 5.26 Å². The maximum Gasteiger partial charge on any atom is 0.274 e. The number of amides is 1. The number of para-hydroxylation sites is 2. The summed E-state index contributed by atoms with van der Waals surface area (Å²) in [6.45, 7) is 5.91. The zero-order chi connectivity index (χ0) is 20.1. The Bertz CT molecular complexity index is 1070. The molecule has 1 aromatic heterocycles. The van der Waals surface area contributed by atoms with Gasteiger partial charge in [-0.1, -0.05) is 37.3 Å². The Morgan fingerprint density at radius 2 is 1.89 bits per heavy atom. The minimum absolute atomic E-state index is 0.231. The van der Waals surface area contributed by atoms with E-state index in [1.165, 1.54) is 0 Å². The van der Waals surface area contributed by atoms with Crippen LogP contribution in [0.5, 0.6) is 0 Å². The fourth-order valence-corrected chi connectivity index (χ4v) is 2.93. The van der Waals surface area contributed by atoms with Gasteiger partial charge in [0.1, 0.15) is 11.8 Å². The molecule has 140 valence electrons. The summed E-state index contributed by atoms with van der Waals surface area (Å²) in [7, 11) is 0. The summed E-state index contributed by atoms with van der Waals surface area (Å²) in [5, 5.41) is 15.2. The molecular weight excluding hydrogens is 350 g/mol. The number of aromatic nitrogens is 2. The van der Waals surface area contributed by atoms with E-state index >= 15 is 0 Å². The molecule has 6 nitrogen and oxygen atoms in total. The summed E-state index contributed by atoms with van der Waals surface area (Å²) < 4.78 is 0. The second kappa shape index (κ2) is 8.31. The number of rotatable bonds is 5. The topological polar surface area (TPSA) is 90.7 Å². The van der Waals surface area contributed by atoms with Crippen LogP contribution in [0.1, 0.15) is 39.8 Å². The number of nitriles is 1. The molecule has 28 heavy (non-hydrogen) atoms. The van der Waals surface area contributed by atoms with Crippen LogP contribution in [0.3, 0.4) is 0 Å². The first-order valence-electron chi connectivity index (χ1n) is 9.03. The van der Waals surface area contributed by atoms with E-state index in [2.05, 4.69) is 39.7 Å². The van der Waals surface area contributed by atoms with Crippen molar-refractivity contribution in [2.75, 3.05) is 10.6 Å². The van der Waals surface area contributed by atoms with Crippen LogP contribution in [0.25, 0.3) is 0 Å². The quantitative estimate of drug-likeness (QED) is 0.688. The molecule has 3 aromatic rings. The van der Waals surface area contributed by atoms with Crippen molar-refractivity contribution >= 4 is 23.2 Å². The van der Waals surface area contributed by atoms with E-state index in [0.29, 0.717) is 22.9 Å². The number of hydrogen-bond acceptors (Lipinski definition) is 5. The highest BCUT2D eigenvalue weighted by Crippen LogP contribution is 2.24. The highest BCUT2D eigenvalue weighted by molar-refractivity contribution is 6.03. The molecular formula is C22H21N5O. The van der Waals surface area contributed by atoms with Crippen molar-refractivity contribution < 1.29 is 4.79 Å². The molecule has 0 atom stereocenters. The van der Waals surface area contributed by atoms with Crippen LogP contribution < -0.4 is 10.6 Å². The van der Waals surface area contributed by atoms with E-state index < -0.39 is 5.91 Å². The summed E-state index contributed by atoms with van der Waals surface area (Å²) >= 11 is 0. The number of benzene rings is 2. The molecule has 0 fully saturated rings. The van der Waals surface area contributed by atoms with Crippen molar-refractivity contribution in [3.63, 3.8) is 0 Å². The Kier molecular flexibility index (Phi) is 5.66. The van der Waals surface area contributed by atoms with E-state index in [-0.39, 0.29) is 5.69 Å². The SMILES string of the molecule is CCc1cccc(C)c1Nc1nc(C)cc(C(=O)Nc2ccccc2C#N)n1. The lowest BCUT2D eigenvalue weighted by molar-refractivity contribution is 0.102. The highest BCUT2D eigenvalue weighted by Gasteiger charge is 2.14. The van der Waals surface area contributed by atoms with E-state index in [0.717, 1.165) is 23.2 Å². The van der Waals surface area contributed by atoms with Gasteiger partial charge in [-0.2, -0.15) is 5.26 Å². The largest absolute Gasteiger partial charge is 0.324 e. The average molecular weight is 371 g/mol. The van der Waals surface area contributed by atoms with Gasteiger partial charge in [0.15, 0.2) is 0 Å². The Labute approximate surface area is 164 Å². The number of aryl methyl sites for hydroxylation is 3. The minimum Gasteiger partial charge on any atom is -0.324 e. The lowest BCUT2D eigenvalue weighted by Gasteiger charge is -2.14. The van der Waals surface area contributed by atoms with Crippen LogP contribution in [0.4, 0.5) is 17.3 Å². The first-order chi connectivity index (χ1) is 13.5. The first kappa shape index (κ1) is 19.1. The van der Waals surface area contributed by atoms with E-state index in [1.54, 1.807) is 30.3 Å². The van der Waals surface area contributed by atoms with Crippen molar-refractivity contribution in [3.05, 3.63) is 76.6 Å². The number of carbonyl (C=O) groups is 1. The number of nitrogens with one attached hydrogen (secondary N) is 2. The molecule has 0 saturated heterocycles. The fraction of sp³-hybridized carbons (Fsp3) is 0.182. The monoisotopic (exact) mass is 371 g/mol. The van der Waals surface area contributed by atoms with Gasteiger partial charge in [0, 0.05) is 11.4 Å². The minimum atomic E-state index is -0.392. The molecule has 0 saturated carbocycles. The third-order valence-corrected chi connectivity index (χ3v) is 4.36. The Balaban J connectivity index is 1.90. The average Bonchev–Trinajstić information content (AvgIpc) is 2.69. The van der Waals surface area contributed by atoms with Crippen LogP contribution in [-0.4, -0.2) is 15.9 Å². The normalized spacial score (nSPS) is 10.2. The molecule has 0 unspecified atom stereocenters. The first-order valence-corrected chi connectivity index (χ1v) is 9.03. The van der Waals surface area contributed by atoms with E-state index in [9.17, 15) is 10.1 Å². The Morgan fingerprint density at radius 3 is 2.64 bits per heavy atom. The summed E-state index contributed by atoms with van der Waals surface area (Å²) in [6, 6.07) is 16.6. The van der Waals surface area contributed by atoms with Gasteiger partial charge in [-0.05, 0) is 49.6 Å². The van der Waals surface area contributed by atoms with Gasteiger partial charge >= 0.3 is 0 Å². The van der Waals surface area contributed by atoms with Crippen molar-refractivity contribution in [2.24, 2.45) is 0 Å². The molecule has 1 heterocycles. The zero-order valence-corrected chi connectivity index (χ0v) is 16.1. The number of nitrogens with zero attached hydrogens (tertiary/aromatic N) is 3. The third kappa shape index (κ3) is 4.15. The second-order valence-electron chi connectivity index (χ2n) is 6.42. The summed E-state index contributed by atoms with van der Waals surface area (Å²) in [5.41, 5.74) is 4.94. The molecule has 0 radical (unpaired) electrons. The molecule has 1 amide bonds. The van der Waals surface area contributed by atoms with Gasteiger partial charge in [0.05, 0.1) is 11.3 Å². The maximum atomic E-state index is 12.7. The van der Waals surface area contributed by atoms with Gasteiger partial charge < -0.3 is 10.6 Å². The van der Waals surface area contributed by atoms with E-state index in [1.807, 2.05) is 26.0 Å². The zero-order valence-electron chi connectivity index (χ0n) is 16.1. The second-order valence-corrected chi connectivity index (χ2v) is 6.42. The Hall–Kier alpha value is -3.72. The molecule has 2 aromatic carbocycles. The van der Waals surface area contributed by atoms with Gasteiger partial charge in [-0.25, -0.2) is 9.97 Å². The predicted octanol–water partition coefficient (Wildman–Crippen LogP) is 4.52. The number of carbonyl (C=O) groups excluding carboxylic acids is 1. The van der Waals surface area contributed by atoms with Crippen LogP contribution in [0.15, 0.2) is 48.5 Å². The van der Waals surface area contributed by atoms with Crippen molar-refractivity contribution in [1.82, 2.24) is 9.97 Å². The van der Waals surface area contributed by atoms with Crippen LogP contribution in [-0.2, 0) is 6.42 Å². The van der Waals surface area contributed by atoms with Gasteiger partial charge in [-0.15, -0.1) is 0 Å². The van der Waals surface area contributed by atoms with E-state index in [4.69, 9.17) is 0 Å². The summed E-state index contributed by atoms with van der Waals surface area (Å²) in [6.07, 6.45) is 0.869. The lowest BCUT2D eigenvalue weighted by Crippen LogP contribution is -2.16. The Morgan fingerprint density at radius 1 is 1.11 bits per heavy atom. The molecule has 0 aliphatic heterocycles. The van der Waals surface area contributed by atoms with Crippen LogP contribution in [0.2, 0.25) is 0 Å². The van der Waals surface area contributed by atoms with Crippen LogP contribution >= 0.6 is 0 Å². The molecule has 3 rings (SSSR count). The highest BCUT2D eigenvalue weighted by atomic mass is 16.1. The van der Waals surface area contributed by atoms with Gasteiger partial charge in [0.25, 0.3) is 5.91 Å². The summed E-state index contributed by atoms with van der Waals surface area (Å²) in [5.74, 6) is -0.0283. The van der Waals surface area contributed by atoms with Crippen molar-refractivity contribution in [2.45, 2.75) is 27.2 Å². The molecule has 0 aliphatic carbocycles. The molecule has 0 aliphatic rings. The molecule has 0 bridgehead atoms. The fourth-order valence-electron chi connectivity index (χ4n) is 2.93. The molecule has 6 heteroatoms. The predicted molar refractivity (Wildman–Crippen MR) is 110 cm³/mol. The molecule has 2 N–H and O–H groups in total. The summed E-state index contributed by atoms with van der Waals surface area (Å²) in [4.78, 5) is 21.5. The number of hydrogen-bond donors (Lipinski definition) is 2. The standard InChI is InChI=1S/C22H21N5O/c1-4-16-10-7-8-14(2)20(16)27-22-24-15(3)12-19(26-22)21(28)25-18-11-6-5-9-17(18)13-23/h5-12H,4H2,1-3H3,(H,25,28)(H,24,26,27).